The molecule has 1 rings (SSSR count). The van der Waals surface area contributed by atoms with Gasteiger partial charge >= 0.3 is 0 Å². The molecule has 1 N–H and O–H groups in total. The Morgan fingerprint density at radius 3 is 1.62 bits per heavy atom. The van der Waals surface area contributed by atoms with Gasteiger partial charge in [0.25, 0.3) is 10.1 Å². The standard InChI is InChI=1S/C28H50O5S/c1-3-4-5-6-7-8-9-10-11-12-13-14-15-16-17-18-23-32-25-27(24-29)33-34(30,31)28-21-19-26(2)20-22-28/h19-22,27,29H,3-18,23-25H2,1-2H3. The molecule has 1 aromatic carbocycles. The van der Waals surface area contributed by atoms with E-state index < -0.39 is 22.8 Å². The van der Waals surface area contributed by atoms with Gasteiger partial charge in [0.2, 0.25) is 0 Å². The minimum atomic E-state index is -3.90. The van der Waals surface area contributed by atoms with Crippen LogP contribution in [0.3, 0.4) is 0 Å². The third kappa shape index (κ3) is 15.9. The van der Waals surface area contributed by atoms with Gasteiger partial charge in [-0.1, -0.05) is 121 Å². The van der Waals surface area contributed by atoms with E-state index in [0.29, 0.717) is 6.61 Å². The Labute approximate surface area is 209 Å². The minimum Gasteiger partial charge on any atom is -0.394 e. The largest absolute Gasteiger partial charge is 0.394 e. The lowest BCUT2D eigenvalue weighted by Crippen LogP contribution is -2.27. The zero-order chi connectivity index (χ0) is 24.9. The quantitative estimate of drug-likeness (QED) is 0.126. The van der Waals surface area contributed by atoms with Gasteiger partial charge in [-0.3, -0.25) is 4.18 Å². The Balaban J connectivity index is 1.94. The van der Waals surface area contributed by atoms with Crippen molar-refractivity contribution in [3.05, 3.63) is 29.8 Å². The van der Waals surface area contributed by atoms with Gasteiger partial charge < -0.3 is 9.84 Å². The first-order valence-electron chi connectivity index (χ1n) is 13.7. The lowest BCUT2D eigenvalue weighted by molar-refractivity contribution is 0.0220. The fraction of sp³-hybridized carbons (Fsp3) is 0.786. The fourth-order valence-electron chi connectivity index (χ4n) is 4.02. The van der Waals surface area contributed by atoms with E-state index in [1.165, 1.54) is 102 Å². The van der Waals surface area contributed by atoms with Crippen molar-refractivity contribution < 1.29 is 22.4 Å². The van der Waals surface area contributed by atoms with Gasteiger partial charge in [0, 0.05) is 6.61 Å². The molecule has 0 bridgehead atoms. The Bertz CT molecular complexity index is 687. The average Bonchev–Trinajstić information content (AvgIpc) is 2.82. The summed E-state index contributed by atoms with van der Waals surface area (Å²) in [5, 5.41) is 9.45. The van der Waals surface area contributed by atoms with Crippen LogP contribution in [0, 0.1) is 6.92 Å². The Hall–Kier alpha value is -0.950. The Kier molecular flexibility index (Phi) is 18.5. The van der Waals surface area contributed by atoms with Crippen LogP contribution >= 0.6 is 0 Å². The number of hydrogen-bond acceptors (Lipinski definition) is 5. The first-order chi connectivity index (χ1) is 16.5. The molecule has 0 radical (unpaired) electrons. The molecule has 198 valence electrons. The molecule has 1 unspecified atom stereocenters. The van der Waals surface area contributed by atoms with Crippen molar-refractivity contribution in [2.45, 2.75) is 128 Å². The Morgan fingerprint density at radius 1 is 0.735 bits per heavy atom. The summed E-state index contributed by atoms with van der Waals surface area (Å²) in [7, 11) is -3.90. The highest BCUT2D eigenvalue weighted by molar-refractivity contribution is 7.86. The van der Waals surface area contributed by atoms with Gasteiger partial charge in [-0.2, -0.15) is 8.42 Å². The summed E-state index contributed by atoms with van der Waals surface area (Å²) in [6, 6.07) is 6.46. The summed E-state index contributed by atoms with van der Waals surface area (Å²) >= 11 is 0. The molecule has 1 atom stereocenters. The van der Waals surface area contributed by atoms with Crippen LogP contribution in [0.2, 0.25) is 0 Å². The van der Waals surface area contributed by atoms with Crippen molar-refractivity contribution in [2.24, 2.45) is 0 Å². The van der Waals surface area contributed by atoms with Gasteiger partial charge in [0.15, 0.2) is 0 Å². The van der Waals surface area contributed by atoms with Crippen molar-refractivity contribution in [3.63, 3.8) is 0 Å². The summed E-state index contributed by atoms with van der Waals surface area (Å²) in [6.07, 6.45) is 20.3. The number of rotatable bonds is 23. The number of aliphatic hydroxyl groups excluding tert-OH is 1. The van der Waals surface area contributed by atoms with Crippen molar-refractivity contribution >= 4 is 10.1 Å². The normalized spacial score (nSPS) is 12.8. The van der Waals surface area contributed by atoms with Gasteiger partial charge in [-0.15, -0.1) is 0 Å². The first-order valence-corrected chi connectivity index (χ1v) is 15.1. The molecule has 0 aliphatic carbocycles. The van der Waals surface area contributed by atoms with Crippen molar-refractivity contribution in [1.82, 2.24) is 0 Å². The van der Waals surface area contributed by atoms with E-state index in [1.807, 2.05) is 6.92 Å². The molecule has 0 aliphatic rings. The predicted molar refractivity (Wildman–Crippen MR) is 141 cm³/mol. The third-order valence-corrected chi connectivity index (χ3v) is 7.60. The van der Waals surface area contributed by atoms with E-state index in [0.717, 1.165) is 18.4 Å². The monoisotopic (exact) mass is 498 g/mol. The van der Waals surface area contributed by atoms with Gasteiger partial charge in [-0.05, 0) is 25.5 Å². The van der Waals surface area contributed by atoms with Crippen molar-refractivity contribution in [3.8, 4) is 0 Å². The van der Waals surface area contributed by atoms with Crippen LogP contribution in [0.4, 0.5) is 0 Å². The van der Waals surface area contributed by atoms with E-state index in [-0.39, 0.29) is 11.5 Å². The van der Waals surface area contributed by atoms with Gasteiger partial charge in [0.05, 0.1) is 18.1 Å². The highest BCUT2D eigenvalue weighted by atomic mass is 32.2. The minimum absolute atomic E-state index is 0.0698. The highest BCUT2D eigenvalue weighted by Crippen LogP contribution is 2.16. The van der Waals surface area contributed by atoms with Crippen LogP contribution in [0.15, 0.2) is 29.2 Å². The zero-order valence-corrected chi connectivity index (χ0v) is 22.6. The molecule has 5 nitrogen and oxygen atoms in total. The van der Waals surface area contributed by atoms with Crippen LogP contribution in [0.5, 0.6) is 0 Å². The molecule has 6 heteroatoms. The van der Waals surface area contributed by atoms with Crippen LogP contribution in [-0.4, -0.2) is 39.4 Å². The number of unbranched alkanes of at least 4 members (excludes halogenated alkanes) is 15. The van der Waals surface area contributed by atoms with Crippen LogP contribution in [0.25, 0.3) is 0 Å². The second-order valence-corrected chi connectivity index (χ2v) is 11.1. The SMILES string of the molecule is CCCCCCCCCCCCCCCCCCOCC(CO)OS(=O)(=O)c1ccc(C)cc1. The van der Waals surface area contributed by atoms with Crippen molar-refractivity contribution in [2.75, 3.05) is 19.8 Å². The number of aryl methyl sites for hydroxylation is 1. The molecule has 0 fully saturated rings. The van der Waals surface area contributed by atoms with Crippen LogP contribution in [-0.2, 0) is 19.0 Å². The molecule has 0 aliphatic heterocycles. The number of benzene rings is 1. The maximum atomic E-state index is 12.3. The Morgan fingerprint density at radius 2 is 1.18 bits per heavy atom. The molecule has 0 heterocycles. The maximum Gasteiger partial charge on any atom is 0.297 e. The van der Waals surface area contributed by atoms with E-state index in [1.54, 1.807) is 12.1 Å². The second kappa shape index (κ2) is 20.3. The van der Waals surface area contributed by atoms with E-state index in [9.17, 15) is 13.5 Å². The molecule has 0 aromatic heterocycles. The second-order valence-electron chi connectivity index (χ2n) is 9.55. The van der Waals surface area contributed by atoms with Gasteiger partial charge in [0.1, 0.15) is 6.10 Å². The highest BCUT2D eigenvalue weighted by Gasteiger charge is 2.21. The van der Waals surface area contributed by atoms with Gasteiger partial charge in [-0.25, -0.2) is 0 Å². The van der Waals surface area contributed by atoms with Crippen LogP contribution < -0.4 is 0 Å². The number of ether oxygens (including phenoxy) is 1. The average molecular weight is 499 g/mol. The fourth-order valence-corrected chi connectivity index (χ4v) is 5.07. The summed E-state index contributed by atoms with van der Waals surface area (Å²) in [5.74, 6) is 0. The summed E-state index contributed by atoms with van der Waals surface area (Å²) in [5.41, 5.74) is 0.972. The number of hydrogen-bond donors (Lipinski definition) is 1. The van der Waals surface area contributed by atoms with E-state index in [2.05, 4.69) is 6.92 Å². The number of aliphatic hydroxyl groups is 1. The summed E-state index contributed by atoms with van der Waals surface area (Å²) in [6.45, 7) is 4.39. The summed E-state index contributed by atoms with van der Waals surface area (Å²) in [4.78, 5) is 0.0920. The molecule has 0 spiro atoms. The predicted octanol–water partition coefficient (Wildman–Crippen LogP) is 7.34. The van der Waals surface area contributed by atoms with Crippen molar-refractivity contribution in [1.29, 1.82) is 0 Å². The zero-order valence-electron chi connectivity index (χ0n) is 21.8. The maximum absolute atomic E-state index is 12.3. The molecule has 34 heavy (non-hydrogen) atoms. The lowest BCUT2D eigenvalue weighted by Gasteiger charge is -2.15. The molecular formula is C28H50O5S. The third-order valence-electron chi connectivity index (χ3n) is 6.22. The smallest absolute Gasteiger partial charge is 0.297 e. The molecule has 0 amide bonds. The van der Waals surface area contributed by atoms with E-state index >= 15 is 0 Å². The summed E-state index contributed by atoms with van der Waals surface area (Å²) < 4.78 is 35.3. The van der Waals surface area contributed by atoms with E-state index in [4.69, 9.17) is 8.92 Å². The molecule has 0 saturated carbocycles. The molecular weight excluding hydrogens is 448 g/mol. The topological polar surface area (TPSA) is 72.8 Å². The molecule has 0 saturated heterocycles. The van der Waals surface area contributed by atoms with Crippen LogP contribution in [0.1, 0.15) is 115 Å². The molecule has 1 aromatic rings. The first kappa shape index (κ1) is 31.1. The lowest BCUT2D eigenvalue weighted by atomic mass is 10.0.